The number of halogens is 5. The Morgan fingerprint density at radius 1 is 1.05 bits per heavy atom. The van der Waals surface area contributed by atoms with E-state index in [1.165, 1.54) is 32.5 Å². The van der Waals surface area contributed by atoms with Crippen LogP contribution in [0.1, 0.15) is 5.56 Å². The van der Waals surface area contributed by atoms with Gasteiger partial charge in [-0.3, -0.25) is 4.79 Å². The summed E-state index contributed by atoms with van der Waals surface area (Å²) in [5.41, 5.74) is -0.0152. The first-order valence-corrected chi connectivity index (χ1v) is 11.6. The van der Waals surface area contributed by atoms with Crippen LogP contribution < -0.4 is 20.1 Å². The molecule has 0 aliphatic carbocycles. The molecule has 12 heteroatoms. The van der Waals surface area contributed by atoms with Gasteiger partial charge in [-0.1, -0.05) is 41.9 Å². The largest absolute Gasteiger partial charge is 0.495 e. The van der Waals surface area contributed by atoms with E-state index in [1.54, 1.807) is 24.3 Å². The van der Waals surface area contributed by atoms with E-state index in [1.807, 2.05) is 0 Å². The molecule has 0 saturated heterocycles. The Balaban J connectivity index is 1.77. The van der Waals surface area contributed by atoms with Crippen LogP contribution in [0.2, 0.25) is 10.0 Å². The van der Waals surface area contributed by atoms with E-state index < -0.39 is 23.3 Å². The van der Waals surface area contributed by atoms with E-state index >= 15 is 0 Å². The summed E-state index contributed by atoms with van der Waals surface area (Å²) in [4.78, 5) is 20.3. The normalized spacial score (nSPS) is 11.2. The molecule has 0 aliphatic heterocycles. The Labute approximate surface area is 225 Å². The number of hydrogen-bond acceptors (Lipinski definition) is 6. The van der Waals surface area contributed by atoms with Crippen LogP contribution in [0.25, 0.3) is 22.0 Å². The first-order valence-electron chi connectivity index (χ1n) is 10.8. The first-order chi connectivity index (χ1) is 18.1. The van der Waals surface area contributed by atoms with Crippen LogP contribution in [0.4, 0.5) is 30.5 Å². The fourth-order valence-electron chi connectivity index (χ4n) is 3.71. The highest BCUT2D eigenvalue weighted by atomic mass is 35.5. The molecule has 3 aromatic carbocycles. The second-order valence-corrected chi connectivity index (χ2v) is 8.55. The molecular formula is C26H19Cl2F3N4O3. The molecule has 4 rings (SSSR count). The van der Waals surface area contributed by atoms with Crippen molar-refractivity contribution in [3.8, 4) is 22.6 Å². The van der Waals surface area contributed by atoms with E-state index in [2.05, 4.69) is 27.2 Å². The van der Waals surface area contributed by atoms with Gasteiger partial charge >= 0.3 is 6.18 Å². The number of hydrogen-bond donors (Lipinski definition) is 2. The standard InChI is InChI=1S/C26H19Cl2F3N4O3/c1-4-20(36)33-17-7-5-6-15(26(29,30)31)24(17)35-25-32-12-14-10-13(8-9-16(14)34-25)21-22(27)18(37-2)11-19(38-3)23(21)28/h4-12H,1H2,2-3H3,(H,33,36)(H,32,34,35). The van der Waals surface area contributed by atoms with E-state index in [4.69, 9.17) is 32.7 Å². The predicted molar refractivity (Wildman–Crippen MR) is 142 cm³/mol. The average molecular weight is 563 g/mol. The van der Waals surface area contributed by atoms with Crippen LogP contribution in [0.15, 0.2) is 61.3 Å². The predicted octanol–water partition coefficient (Wildman–Crippen LogP) is 7.51. The fraction of sp³-hybridized carbons (Fsp3) is 0.115. The Hall–Kier alpha value is -4.02. The third kappa shape index (κ3) is 5.32. The molecule has 0 atom stereocenters. The number of carbonyl (C=O) groups is 1. The molecule has 0 bridgehead atoms. The van der Waals surface area contributed by atoms with Crippen molar-refractivity contribution < 1.29 is 27.4 Å². The zero-order valence-electron chi connectivity index (χ0n) is 19.9. The SMILES string of the molecule is C=CC(=O)Nc1cccc(C(F)(F)F)c1Nc1ncc2cc(-c3c(Cl)c(OC)cc(OC)c3Cl)ccc2n1. The molecule has 4 aromatic rings. The molecule has 2 N–H and O–H groups in total. The van der Waals surface area contributed by atoms with Crippen molar-refractivity contribution in [3.05, 3.63) is 76.9 Å². The lowest BCUT2D eigenvalue weighted by Crippen LogP contribution is -2.15. The van der Waals surface area contributed by atoms with Crippen molar-refractivity contribution in [2.24, 2.45) is 0 Å². The Kier molecular flexibility index (Phi) is 7.66. The van der Waals surface area contributed by atoms with Crippen LogP contribution in [0, 0.1) is 0 Å². The molecule has 0 saturated carbocycles. The summed E-state index contributed by atoms with van der Waals surface area (Å²) < 4.78 is 51.8. The minimum atomic E-state index is -4.71. The third-order valence-electron chi connectivity index (χ3n) is 5.49. The van der Waals surface area contributed by atoms with Crippen LogP contribution in [0.5, 0.6) is 11.5 Å². The molecule has 7 nitrogen and oxygen atoms in total. The van der Waals surface area contributed by atoms with Crippen molar-refractivity contribution in [2.75, 3.05) is 24.9 Å². The zero-order chi connectivity index (χ0) is 27.6. The van der Waals surface area contributed by atoms with Gasteiger partial charge in [-0.2, -0.15) is 13.2 Å². The summed E-state index contributed by atoms with van der Waals surface area (Å²) in [6.07, 6.45) is -2.32. The monoisotopic (exact) mass is 562 g/mol. The van der Waals surface area contributed by atoms with E-state index in [-0.39, 0.29) is 21.7 Å². The maximum atomic E-state index is 13.7. The van der Waals surface area contributed by atoms with Gasteiger partial charge < -0.3 is 20.1 Å². The molecule has 1 heterocycles. The van der Waals surface area contributed by atoms with Gasteiger partial charge in [0.05, 0.1) is 46.7 Å². The maximum Gasteiger partial charge on any atom is 0.418 e. The number of carbonyl (C=O) groups excluding carboxylic acids is 1. The molecule has 38 heavy (non-hydrogen) atoms. The average Bonchev–Trinajstić information content (AvgIpc) is 2.89. The van der Waals surface area contributed by atoms with Crippen LogP contribution in [-0.4, -0.2) is 30.1 Å². The van der Waals surface area contributed by atoms with Gasteiger partial charge in [0.1, 0.15) is 11.5 Å². The molecule has 1 aromatic heterocycles. The molecule has 0 radical (unpaired) electrons. The highest BCUT2D eigenvalue weighted by Crippen LogP contribution is 2.46. The number of alkyl halides is 3. The van der Waals surface area contributed by atoms with Gasteiger partial charge in [0, 0.05) is 23.2 Å². The first kappa shape index (κ1) is 27.0. The van der Waals surface area contributed by atoms with E-state index in [0.29, 0.717) is 33.5 Å². The van der Waals surface area contributed by atoms with E-state index in [9.17, 15) is 18.0 Å². The van der Waals surface area contributed by atoms with Gasteiger partial charge in [-0.25, -0.2) is 9.97 Å². The summed E-state index contributed by atoms with van der Waals surface area (Å²) in [7, 11) is 2.93. The lowest BCUT2D eigenvalue weighted by Gasteiger charge is -2.18. The van der Waals surface area contributed by atoms with Crippen molar-refractivity contribution in [2.45, 2.75) is 6.18 Å². The van der Waals surface area contributed by atoms with Gasteiger partial charge in [0.15, 0.2) is 0 Å². The lowest BCUT2D eigenvalue weighted by atomic mass is 10.0. The zero-order valence-corrected chi connectivity index (χ0v) is 21.4. The highest BCUT2D eigenvalue weighted by Gasteiger charge is 2.35. The van der Waals surface area contributed by atoms with Crippen molar-refractivity contribution in [3.63, 3.8) is 0 Å². The van der Waals surface area contributed by atoms with Crippen molar-refractivity contribution in [1.29, 1.82) is 0 Å². The van der Waals surface area contributed by atoms with Gasteiger partial charge in [-0.05, 0) is 35.9 Å². The molecule has 196 valence electrons. The number of fused-ring (bicyclic) bond motifs is 1. The fourth-order valence-corrected chi connectivity index (χ4v) is 4.43. The lowest BCUT2D eigenvalue weighted by molar-refractivity contribution is -0.137. The van der Waals surface area contributed by atoms with Gasteiger partial charge in [0.25, 0.3) is 0 Å². The Bertz CT molecular complexity index is 1530. The molecule has 0 unspecified atom stereocenters. The Morgan fingerprint density at radius 3 is 2.34 bits per heavy atom. The minimum absolute atomic E-state index is 0.111. The number of methoxy groups -OCH3 is 2. The molecule has 0 spiro atoms. The number of nitrogens with zero attached hydrogens (tertiary/aromatic N) is 2. The van der Waals surface area contributed by atoms with Crippen molar-refractivity contribution in [1.82, 2.24) is 9.97 Å². The third-order valence-corrected chi connectivity index (χ3v) is 6.24. The summed E-state index contributed by atoms with van der Waals surface area (Å²) in [5, 5.41) is 6.07. The van der Waals surface area contributed by atoms with Crippen LogP contribution in [-0.2, 0) is 11.0 Å². The quantitative estimate of drug-likeness (QED) is 0.227. The highest BCUT2D eigenvalue weighted by molar-refractivity contribution is 6.41. The van der Waals surface area contributed by atoms with Crippen molar-refractivity contribution >= 4 is 57.3 Å². The number of benzene rings is 3. The van der Waals surface area contributed by atoms with Gasteiger partial charge in [-0.15, -0.1) is 0 Å². The second kappa shape index (κ2) is 10.8. The Morgan fingerprint density at radius 2 is 1.74 bits per heavy atom. The van der Waals surface area contributed by atoms with Crippen LogP contribution >= 0.6 is 23.2 Å². The topological polar surface area (TPSA) is 85.4 Å². The molecular weight excluding hydrogens is 544 g/mol. The van der Waals surface area contributed by atoms with E-state index in [0.717, 1.165) is 12.1 Å². The molecule has 1 amide bonds. The second-order valence-electron chi connectivity index (χ2n) is 7.80. The summed E-state index contributed by atoms with van der Waals surface area (Å²) in [6, 6.07) is 10.0. The summed E-state index contributed by atoms with van der Waals surface area (Å²) in [6.45, 7) is 3.32. The summed E-state index contributed by atoms with van der Waals surface area (Å²) in [5.74, 6) is -0.0658. The smallest absolute Gasteiger partial charge is 0.418 e. The number of nitrogens with one attached hydrogen (secondary N) is 2. The minimum Gasteiger partial charge on any atom is -0.495 e. The number of amides is 1. The van der Waals surface area contributed by atoms with Gasteiger partial charge in [0.2, 0.25) is 11.9 Å². The number of para-hydroxylation sites is 1. The van der Waals surface area contributed by atoms with Crippen LogP contribution in [0.3, 0.4) is 0 Å². The molecule has 0 fully saturated rings. The number of ether oxygens (including phenoxy) is 2. The number of aromatic nitrogens is 2. The number of anilines is 3. The summed E-state index contributed by atoms with van der Waals surface area (Å²) >= 11 is 13.0. The maximum absolute atomic E-state index is 13.7. The molecule has 0 aliphatic rings. The number of rotatable bonds is 7.